The number of likely N-dealkylation sites (N-methyl/N-ethyl adjacent to an activating group) is 1. The molecule has 270 valence electrons. The second-order valence-corrected chi connectivity index (χ2v) is 13.7. The van der Waals surface area contributed by atoms with Crippen molar-refractivity contribution in [1.29, 1.82) is 0 Å². The van der Waals surface area contributed by atoms with Gasteiger partial charge in [-0.3, -0.25) is 9.59 Å². The van der Waals surface area contributed by atoms with Gasteiger partial charge < -0.3 is 14.4 Å². The fourth-order valence-electron chi connectivity index (χ4n) is 5.71. The molecule has 46 heavy (non-hydrogen) atoms. The van der Waals surface area contributed by atoms with E-state index < -0.39 is 6.10 Å². The van der Waals surface area contributed by atoms with Crippen LogP contribution < -0.4 is 0 Å². The molecule has 0 bridgehead atoms. The molecular formula is C41H77NO4. The van der Waals surface area contributed by atoms with Gasteiger partial charge in [0.1, 0.15) is 12.7 Å². The molecule has 0 fully saturated rings. The van der Waals surface area contributed by atoms with E-state index >= 15 is 0 Å². The quantitative estimate of drug-likeness (QED) is 0.0389. The normalized spacial score (nSPS) is 12.5. The Morgan fingerprint density at radius 2 is 0.848 bits per heavy atom. The van der Waals surface area contributed by atoms with Crippen LogP contribution in [-0.2, 0) is 19.1 Å². The smallest absolute Gasteiger partial charge is 0.306 e. The van der Waals surface area contributed by atoms with Gasteiger partial charge in [-0.05, 0) is 78.3 Å². The topological polar surface area (TPSA) is 55.8 Å². The van der Waals surface area contributed by atoms with Crippen LogP contribution in [-0.4, -0.2) is 50.2 Å². The Morgan fingerprint density at radius 3 is 1.24 bits per heavy atom. The molecule has 0 aliphatic carbocycles. The van der Waals surface area contributed by atoms with Crippen molar-refractivity contribution >= 4 is 11.9 Å². The number of allylic oxidation sites excluding steroid dienone is 4. The molecule has 0 aliphatic heterocycles. The molecule has 0 spiro atoms. The average molecular weight is 648 g/mol. The van der Waals surface area contributed by atoms with Crippen LogP contribution in [0, 0.1) is 0 Å². The van der Waals surface area contributed by atoms with Gasteiger partial charge in [0.2, 0.25) is 0 Å². The molecule has 5 heteroatoms. The van der Waals surface area contributed by atoms with E-state index in [1.807, 2.05) is 19.0 Å². The number of rotatable bonds is 35. The zero-order chi connectivity index (χ0) is 33.8. The molecule has 0 saturated heterocycles. The standard InChI is InChI=1S/C41H77NO4/c1-5-7-9-11-13-15-17-19-21-23-25-27-29-31-33-35-40(43)45-38-39(37-42(3)4)46-41(44)36-34-32-30-28-26-24-22-20-18-16-14-12-10-8-6-2/h19-22,39H,5-18,23-38H2,1-4H3/b21-19+,22-20+. The van der Waals surface area contributed by atoms with Gasteiger partial charge in [-0.1, -0.05) is 141 Å². The lowest BCUT2D eigenvalue weighted by atomic mass is 10.1. The van der Waals surface area contributed by atoms with Gasteiger partial charge in [-0.25, -0.2) is 0 Å². The van der Waals surface area contributed by atoms with Gasteiger partial charge in [-0.15, -0.1) is 0 Å². The van der Waals surface area contributed by atoms with Gasteiger partial charge in [0.05, 0.1) is 0 Å². The predicted molar refractivity (Wildman–Crippen MR) is 198 cm³/mol. The number of esters is 2. The summed E-state index contributed by atoms with van der Waals surface area (Å²) >= 11 is 0. The molecule has 1 atom stereocenters. The highest BCUT2D eigenvalue weighted by molar-refractivity contribution is 5.70. The number of hydrogen-bond donors (Lipinski definition) is 0. The molecule has 0 saturated carbocycles. The van der Waals surface area contributed by atoms with Crippen molar-refractivity contribution in [3.63, 3.8) is 0 Å². The summed E-state index contributed by atoms with van der Waals surface area (Å²) in [6.45, 7) is 5.23. The highest BCUT2D eigenvalue weighted by Crippen LogP contribution is 2.13. The summed E-state index contributed by atoms with van der Waals surface area (Å²) in [6, 6.07) is 0. The third kappa shape index (κ3) is 35.2. The fourth-order valence-corrected chi connectivity index (χ4v) is 5.71. The van der Waals surface area contributed by atoms with E-state index in [1.54, 1.807) is 0 Å². The van der Waals surface area contributed by atoms with Crippen molar-refractivity contribution in [2.75, 3.05) is 27.2 Å². The molecule has 0 N–H and O–H groups in total. The van der Waals surface area contributed by atoms with Crippen LogP contribution in [0.4, 0.5) is 0 Å². The van der Waals surface area contributed by atoms with Crippen molar-refractivity contribution in [2.45, 2.75) is 200 Å². The van der Waals surface area contributed by atoms with E-state index in [-0.39, 0.29) is 18.5 Å². The summed E-state index contributed by atoms with van der Waals surface area (Å²) in [6.07, 6.45) is 42.0. The van der Waals surface area contributed by atoms with E-state index in [0.717, 1.165) is 38.5 Å². The van der Waals surface area contributed by atoms with Gasteiger partial charge in [0.25, 0.3) is 0 Å². The Bertz CT molecular complexity index is 717. The lowest BCUT2D eigenvalue weighted by Gasteiger charge is -2.21. The minimum atomic E-state index is -0.413. The Morgan fingerprint density at radius 1 is 0.500 bits per heavy atom. The van der Waals surface area contributed by atoms with Crippen LogP contribution >= 0.6 is 0 Å². The first kappa shape index (κ1) is 44.4. The molecule has 0 heterocycles. The summed E-state index contributed by atoms with van der Waals surface area (Å²) in [5, 5.41) is 0. The molecular weight excluding hydrogens is 570 g/mol. The monoisotopic (exact) mass is 648 g/mol. The highest BCUT2D eigenvalue weighted by Gasteiger charge is 2.18. The molecule has 0 radical (unpaired) electrons. The van der Waals surface area contributed by atoms with Crippen LogP contribution in [0.15, 0.2) is 24.3 Å². The third-order valence-corrected chi connectivity index (χ3v) is 8.58. The number of carbonyl (C=O) groups excluding carboxylic acids is 2. The predicted octanol–water partition coefficient (Wildman–Crippen LogP) is 12.1. The maximum Gasteiger partial charge on any atom is 0.306 e. The van der Waals surface area contributed by atoms with Crippen molar-refractivity contribution in [3.8, 4) is 0 Å². The fraction of sp³-hybridized carbons (Fsp3) is 0.854. The molecule has 0 aromatic heterocycles. The first-order valence-electron chi connectivity index (χ1n) is 19.8. The molecule has 0 aliphatic rings. The zero-order valence-corrected chi connectivity index (χ0v) is 31.2. The van der Waals surface area contributed by atoms with Crippen molar-refractivity contribution in [2.24, 2.45) is 0 Å². The third-order valence-electron chi connectivity index (χ3n) is 8.58. The maximum absolute atomic E-state index is 12.4. The number of hydrogen-bond acceptors (Lipinski definition) is 5. The first-order valence-corrected chi connectivity index (χ1v) is 19.8. The minimum absolute atomic E-state index is 0.139. The second-order valence-electron chi connectivity index (χ2n) is 13.7. The van der Waals surface area contributed by atoms with Gasteiger partial charge in [0.15, 0.2) is 0 Å². The summed E-state index contributed by atoms with van der Waals surface area (Å²) in [5.74, 6) is -0.368. The van der Waals surface area contributed by atoms with Gasteiger partial charge in [-0.2, -0.15) is 0 Å². The average Bonchev–Trinajstić information content (AvgIpc) is 3.03. The molecule has 5 nitrogen and oxygen atoms in total. The van der Waals surface area contributed by atoms with Gasteiger partial charge >= 0.3 is 11.9 Å². The van der Waals surface area contributed by atoms with Crippen LogP contribution in [0.5, 0.6) is 0 Å². The summed E-state index contributed by atoms with van der Waals surface area (Å²) in [4.78, 5) is 26.7. The lowest BCUT2D eigenvalue weighted by molar-refractivity contribution is -0.160. The van der Waals surface area contributed by atoms with E-state index in [1.165, 1.54) is 128 Å². The van der Waals surface area contributed by atoms with E-state index in [0.29, 0.717) is 19.4 Å². The van der Waals surface area contributed by atoms with Crippen LogP contribution in [0.3, 0.4) is 0 Å². The molecule has 1 unspecified atom stereocenters. The summed E-state index contributed by atoms with van der Waals surface area (Å²) in [7, 11) is 3.88. The Balaban J connectivity index is 3.78. The summed E-state index contributed by atoms with van der Waals surface area (Å²) < 4.78 is 11.2. The first-order chi connectivity index (χ1) is 22.5. The minimum Gasteiger partial charge on any atom is -0.462 e. The van der Waals surface area contributed by atoms with E-state index in [4.69, 9.17) is 9.47 Å². The number of carbonyl (C=O) groups is 2. The highest BCUT2D eigenvalue weighted by atomic mass is 16.6. The van der Waals surface area contributed by atoms with Crippen molar-refractivity contribution in [3.05, 3.63) is 24.3 Å². The Kier molecular flexibility index (Phi) is 34.9. The summed E-state index contributed by atoms with van der Waals surface area (Å²) in [5.41, 5.74) is 0. The van der Waals surface area contributed by atoms with Crippen LogP contribution in [0.1, 0.15) is 194 Å². The molecule has 0 rings (SSSR count). The number of ether oxygens (including phenoxy) is 2. The zero-order valence-electron chi connectivity index (χ0n) is 31.2. The van der Waals surface area contributed by atoms with E-state index in [2.05, 4.69) is 38.2 Å². The van der Waals surface area contributed by atoms with Crippen LogP contribution in [0.25, 0.3) is 0 Å². The molecule has 0 aromatic rings. The van der Waals surface area contributed by atoms with Crippen molar-refractivity contribution < 1.29 is 19.1 Å². The molecule has 0 amide bonds. The Hall–Kier alpha value is -1.62. The van der Waals surface area contributed by atoms with Gasteiger partial charge in [0, 0.05) is 19.4 Å². The van der Waals surface area contributed by atoms with Crippen LogP contribution in [0.2, 0.25) is 0 Å². The molecule has 0 aromatic carbocycles. The van der Waals surface area contributed by atoms with Crippen molar-refractivity contribution in [1.82, 2.24) is 4.90 Å². The number of nitrogens with zero attached hydrogens (tertiary/aromatic N) is 1. The van der Waals surface area contributed by atoms with E-state index in [9.17, 15) is 9.59 Å². The Labute approximate surface area is 286 Å². The lowest BCUT2D eigenvalue weighted by Crippen LogP contribution is -2.34. The second kappa shape index (κ2) is 36.2. The number of unbranched alkanes of at least 4 members (excludes halogenated alkanes) is 22. The largest absolute Gasteiger partial charge is 0.462 e. The maximum atomic E-state index is 12.4. The SMILES string of the molecule is CCCCCCCC/C=C/CCCCCCCC(=O)OCC(CN(C)C)OC(=O)CCCCCCC/C=C/CCCCCCCC.